The molecule has 18 heavy (non-hydrogen) atoms. The van der Waals surface area contributed by atoms with Gasteiger partial charge in [-0.05, 0) is 19.5 Å². The molecule has 0 saturated carbocycles. The fourth-order valence-corrected chi connectivity index (χ4v) is 2.64. The molecule has 3 atom stereocenters. The molecule has 0 amide bonds. The zero-order chi connectivity index (χ0) is 13.4. The first-order valence-electron chi connectivity index (χ1n) is 6.07. The number of likely N-dealkylation sites (N-methyl/N-ethyl adjacent to an activating group) is 1. The zero-order valence-electron chi connectivity index (χ0n) is 10.8. The number of rotatable bonds is 1. The Kier molecular flexibility index (Phi) is 3.20. The van der Waals surface area contributed by atoms with E-state index in [0.29, 0.717) is 13.0 Å². The van der Waals surface area contributed by atoms with E-state index >= 15 is 0 Å². The van der Waals surface area contributed by atoms with Gasteiger partial charge in [-0.25, -0.2) is 0 Å². The highest BCUT2D eigenvalue weighted by atomic mass is 16.4. The van der Waals surface area contributed by atoms with Crippen molar-refractivity contribution in [3.63, 3.8) is 0 Å². The minimum Gasteiger partial charge on any atom is -0.385 e. The van der Waals surface area contributed by atoms with Crippen molar-refractivity contribution in [3.8, 4) is 12.3 Å². The number of aliphatic hydroxyl groups is 2. The van der Waals surface area contributed by atoms with Crippen molar-refractivity contribution in [2.24, 2.45) is 0 Å². The van der Waals surface area contributed by atoms with E-state index in [4.69, 9.17) is 6.42 Å². The van der Waals surface area contributed by atoms with Gasteiger partial charge < -0.3 is 10.2 Å². The smallest absolute Gasteiger partial charge is 0.156 e. The summed E-state index contributed by atoms with van der Waals surface area (Å²) in [7, 11) is 1.93. The Labute approximate surface area is 108 Å². The normalized spacial score (nSPS) is 37.2. The second-order valence-electron chi connectivity index (χ2n) is 5.32. The predicted octanol–water partition coefficient (Wildman–Crippen LogP) is 1.18. The van der Waals surface area contributed by atoms with Crippen LogP contribution in [0.5, 0.6) is 0 Å². The van der Waals surface area contributed by atoms with Crippen molar-refractivity contribution in [2.75, 3.05) is 13.6 Å². The van der Waals surface area contributed by atoms with Crippen LogP contribution in [0.25, 0.3) is 0 Å². The van der Waals surface area contributed by atoms with Crippen LogP contribution in [0.4, 0.5) is 0 Å². The van der Waals surface area contributed by atoms with E-state index in [1.54, 1.807) is 6.92 Å². The number of likely N-dealkylation sites (tertiary alicyclic amines) is 1. The van der Waals surface area contributed by atoms with Crippen LogP contribution in [-0.2, 0) is 0 Å². The van der Waals surface area contributed by atoms with Gasteiger partial charge in [-0.3, -0.25) is 4.90 Å². The minimum atomic E-state index is -1.49. The Morgan fingerprint density at radius 2 is 1.94 bits per heavy atom. The van der Waals surface area contributed by atoms with Gasteiger partial charge >= 0.3 is 0 Å². The molecule has 0 aromatic heterocycles. The molecule has 3 heteroatoms. The lowest BCUT2D eigenvalue weighted by Crippen LogP contribution is -2.62. The Bertz CT molecular complexity index is 463. The van der Waals surface area contributed by atoms with Crippen molar-refractivity contribution >= 4 is 0 Å². The predicted molar refractivity (Wildman–Crippen MR) is 70.8 cm³/mol. The number of benzene rings is 1. The van der Waals surface area contributed by atoms with Gasteiger partial charge in [-0.1, -0.05) is 36.3 Å². The zero-order valence-corrected chi connectivity index (χ0v) is 10.8. The molecule has 1 aromatic rings. The third-order valence-electron chi connectivity index (χ3n) is 3.89. The maximum absolute atomic E-state index is 10.4. The van der Waals surface area contributed by atoms with E-state index in [0.717, 1.165) is 5.56 Å². The highest BCUT2D eigenvalue weighted by Gasteiger charge is 2.51. The van der Waals surface area contributed by atoms with Crippen LogP contribution >= 0.6 is 0 Å². The summed E-state index contributed by atoms with van der Waals surface area (Å²) in [5.41, 5.74) is -1.67. The SMILES string of the molecule is C#C[C@]1(O)C[C@H](c2ccccc2)N(C)C[C@]1(C)O. The lowest BCUT2D eigenvalue weighted by molar-refractivity contribution is -0.159. The Morgan fingerprint density at radius 1 is 1.33 bits per heavy atom. The van der Waals surface area contributed by atoms with E-state index in [9.17, 15) is 10.2 Å². The number of terminal acetylenes is 1. The van der Waals surface area contributed by atoms with Crippen molar-refractivity contribution in [2.45, 2.75) is 30.6 Å². The first kappa shape index (κ1) is 13.1. The lowest BCUT2D eigenvalue weighted by Gasteiger charge is -2.49. The molecule has 1 saturated heterocycles. The molecule has 0 unspecified atom stereocenters. The monoisotopic (exact) mass is 245 g/mol. The standard InChI is InChI=1S/C15H19NO2/c1-4-15(18)10-13(12-8-6-5-7-9-12)16(3)11-14(15,2)17/h1,5-9,13,17-18H,10-11H2,2-3H3/t13-,14+,15+/m1/s1. The summed E-state index contributed by atoms with van der Waals surface area (Å²) in [6, 6.07) is 9.93. The van der Waals surface area contributed by atoms with E-state index in [2.05, 4.69) is 5.92 Å². The number of β-amino-alcohol motifs (C(OH)–C–C–N with tert-alkyl or cyclic N) is 1. The van der Waals surface area contributed by atoms with Gasteiger partial charge in [0.2, 0.25) is 0 Å². The molecule has 1 aliphatic rings. The van der Waals surface area contributed by atoms with Crippen LogP contribution in [0.15, 0.2) is 30.3 Å². The summed E-state index contributed by atoms with van der Waals surface area (Å²) in [6.07, 6.45) is 5.75. The average Bonchev–Trinajstić information content (AvgIpc) is 2.34. The van der Waals surface area contributed by atoms with Crippen molar-refractivity contribution in [1.82, 2.24) is 4.90 Å². The van der Waals surface area contributed by atoms with Crippen LogP contribution in [0.3, 0.4) is 0 Å². The highest BCUT2D eigenvalue weighted by molar-refractivity contribution is 5.27. The van der Waals surface area contributed by atoms with Gasteiger partial charge in [-0.2, -0.15) is 0 Å². The van der Waals surface area contributed by atoms with Crippen LogP contribution in [0.1, 0.15) is 24.9 Å². The Balaban J connectivity index is 2.34. The van der Waals surface area contributed by atoms with E-state index in [1.807, 2.05) is 42.3 Å². The molecule has 0 radical (unpaired) electrons. The molecule has 1 aliphatic heterocycles. The second kappa shape index (κ2) is 4.40. The molecule has 2 rings (SSSR count). The van der Waals surface area contributed by atoms with Crippen molar-refractivity contribution in [3.05, 3.63) is 35.9 Å². The molecule has 0 bridgehead atoms. The van der Waals surface area contributed by atoms with E-state index in [-0.39, 0.29) is 6.04 Å². The van der Waals surface area contributed by atoms with Gasteiger partial charge in [0.15, 0.2) is 5.60 Å². The first-order valence-corrected chi connectivity index (χ1v) is 6.07. The van der Waals surface area contributed by atoms with Gasteiger partial charge in [0.1, 0.15) is 5.60 Å². The molecule has 96 valence electrons. The molecular formula is C15H19NO2. The number of hydrogen-bond acceptors (Lipinski definition) is 3. The summed E-state index contributed by atoms with van der Waals surface area (Å²) < 4.78 is 0. The Hall–Kier alpha value is -1.34. The highest BCUT2D eigenvalue weighted by Crippen LogP contribution is 2.40. The number of hydrogen-bond donors (Lipinski definition) is 2. The van der Waals surface area contributed by atoms with Crippen LogP contribution < -0.4 is 0 Å². The largest absolute Gasteiger partial charge is 0.385 e. The summed E-state index contributed by atoms with van der Waals surface area (Å²) in [5.74, 6) is 2.37. The molecule has 2 N–H and O–H groups in total. The molecule has 1 aromatic carbocycles. The number of nitrogens with zero attached hydrogens (tertiary/aromatic N) is 1. The molecule has 0 aliphatic carbocycles. The second-order valence-corrected chi connectivity index (χ2v) is 5.32. The molecule has 1 fully saturated rings. The van der Waals surface area contributed by atoms with Gasteiger partial charge in [0, 0.05) is 19.0 Å². The first-order chi connectivity index (χ1) is 8.39. The Morgan fingerprint density at radius 3 is 2.50 bits per heavy atom. The third kappa shape index (κ3) is 2.04. The molecular weight excluding hydrogens is 226 g/mol. The average molecular weight is 245 g/mol. The summed E-state index contributed by atoms with van der Waals surface area (Å²) in [6.45, 7) is 1.93. The molecule has 1 heterocycles. The molecule has 0 spiro atoms. The van der Waals surface area contributed by atoms with Gasteiger partial charge in [0.05, 0.1) is 0 Å². The van der Waals surface area contributed by atoms with E-state index in [1.165, 1.54) is 0 Å². The quantitative estimate of drug-likeness (QED) is 0.730. The van der Waals surface area contributed by atoms with E-state index < -0.39 is 11.2 Å². The maximum atomic E-state index is 10.4. The topological polar surface area (TPSA) is 43.7 Å². The lowest BCUT2D eigenvalue weighted by atomic mass is 9.74. The van der Waals surface area contributed by atoms with Crippen LogP contribution in [0.2, 0.25) is 0 Å². The van der Waals surface area contributed by atoms with Crippen LogP contribution in [0, 0.1) is 12.3 Å². The van der Waals surface area contributed by atoms with Crippen LogP contribution in [-0.4, -0.2) is 39.9 Å². The minimum absolute atomic E-state index is 0.0208. The number of piperidine rings is 1. The summed E-state index contributed by atoms with van der Waals surface area (Å²) in [5, 5.41) is 20.7. The fourth-order valence-electron chi connectivity index (χ4n) is 2.64. The third-order valence-corrected chi connectivity index (χ3v) is 3.89. The summed E-state index contributed by atoms with van der Waals surface area (Å²) in [4.78, 5) is 2.03. The summed E-state index contributed by atoms with van der Waals surface area (Å²) >= 11 is 0. The van der Waals surface area contributed by atoms with Crippen molar-refractivity contribution < 1.29 is 10.2 Å². The van der Waals surface area contributed by atoms with Gasteiger partial charge in [-0.15, -0.1) is 6.42 Å². The molecule has 3 nitrogen and oxygen atoms in total. The van der Waals surface area contributed by atoms with Crippen molar-refractivity contribution in [1.29, 1.82) is 0 Å². The maximum Gasteiger partial charge on any atom is 0.156 e. The fraction of sp³-hybridized carbons (Fsp3) is 0.467. The van der Waals surface area contributed by atoms with Gasteiger partial charge in [0.25, 0.3) is 0 Å².